The lowest BCUT2D eigenvalue weighted by molar-refractivity contribution is 0.169. The fourth-order valence-corrected chi connectivity index (χ4v) is 3.76. The van der Waals surface area contributed by atoms with Crippen LogP contribution in [-0.2, 0) is 12.8 Å². The van der Waals surface area contributed by atoms with Crippen molar-refractivity contribution in [3.8, 4) is 0 Å². The van der Waals surface area contributed by atoms with E-state index >= 15 is 0 Å². The molecule has 2 aliphatic rings. The first-order valence-corrected chi connectivity index (χ1v) is 8.22. The molecule has 0 N–H and O–H groups in total. The van der Waals surface area contributed by atoms with Gasteiger partial charge in [-0.25, -0.2) is 4.98 Å². The zero-order chi connectivity index (χ0) is 14.8. The molecule has 1 saturated heterocycles. The van der Waals surface area contributed by atoms with Crippen molar-refractivity contribution in [2.24, 2.45) is 0 Å². The number of hydrogen-bond donors (Lipinski definition) is 0. The van der Waals surface area contributed by atoms with E-state index in [2.05, 4.69) is 44.0 Å². The molecule has 0 amide bonds. The molecular formula is C18H22N4. The second-order valence-corrected chi connectivity index (χ2v) is 6.25. The third-order valence-corrected chi connectivity index (χ3v) is 5.03. The van der Waals surface area contributed by atoms with Gasteiger partial charge in [0.1, 0.15) is 5.82 Å². The van der Waals surface area contributed by atoms with E-state index in [4.69, 9.17) is 0 Å². The zero-order valence-corrected chi connectivity index (χ0v) is 12.9. The number of piperazine rings is 1. The summed E-state index contributed by atoms with van der Waals surface area (Å²) in [7, 11) is 0. The Bertz CT molecular complexity index is 620. The van der Waals surface area contributed by atoms with E-state index in [0.29, 0.717) is 6.04 Å². The molecule has 2 heterocycles. The molecule has 114 valence electrons. The summed E-state index contributed by atoms with van der Waals surface area (Å²) < 4.78 is 0. The number of anilines is 1. The number of aryl methyl sites for hydroxylation is 1. The van der Waals surface area contributed by atoms with Gasteiger partial charge in [-0.2, -0.15) is 0 Å². The molecule has 22 heavy (non-hydrogen) atoms. The van der Waals surface area contributed by atoms with Crippen LogP contribution >= 0.6 is 0 Å². The Balaban J connectivity index is 1.38. The van der Waals surface area contributed by atoms with Crippen molar-refractivity contribution in [1.82, 2.24) is 14.9 Å². The van der Waals surface area contributed by atoms with Gasteiger partial charge in [-0.15, -0.1) is 0 Å². The largest absolute Gasteiger partial charge is 0.353 e. The molecule has 0 spiro atoms. The highest BCUT2D eigenvalue weighted by Gasteiger charge is 2.27. The molecule has 2 aromatic rings. The highest BCUT2D eigenvalue weighted by atomic mass is 15.3. The van der Waals surface area contributed by atoms with Crippen LogP contribution in [0, 0.1) is 0 Å². The highest BCUT2D eigenvalue weighted by molar-refractivity contribution is 5.36. The minimum absolute atomic E-state index is 0.707. The van der Waals surface area contributed by atoms with Crippen molar-refractivity contribution in [2.45, 2.75) is 25.3 Å². The van der Waals surface area contributed by atoms with E-state index in [-0.39, 0.29) is 0 Å². The average molecular weight is 294 g/mol. The lowest BCUT2D eigenvalue weighted by atomic mass is 9.87. The molecule has 1 aliphatic heterocycles. The lowest BCUT2D eigenvalue weighted by Gasteiger charge is -2.41. The van der Waals surface area contributed by atoms with Crippen LogP contribution in [0.15, 0.2) is 42.9 Å². The van der Waals surface area contributed by atoms with Crippen LogP contribution in [0.3, 0.4) is 0 Å². The summed E-state index contributed by atoms with van der Waals surface area (Å²) in [6, 6.07) is 9.64. The number of benzene rings is 1. The Morgan fingerprint density at radius 3 is 2.55 bits per heavy atom. The topological polar surface area (TPSA) is 32.3 Å². The van der Waals surface area contributed by atoms with Crippen LogP contribution in [0.1, 0.15) is 17.5 Å². The van der Waals surface area contributed by atoms with Crippen LogP contribution in [0.2, 0.25) is 0 Å². The Morgan fingerprint density at radius 2 is 1.77 bits per heavy atom. The van der Waals surface area contributed by atoms with E-state index in [1.165, 1.54) is 19.3 Å². The molecule has 1 aromatic carbocycles. The Kier molecular flexibility index (Phi) is 3.77. The van der Waals surface area contributed by atoms with Gasteiger partial charge in [-0.1, -0.05) is 24.3 Å². The molecule has 4 rings (SSSR count). The van der Waals surface area contributed by atoms with E-state index in [9.17, 15) is 0 Å². The van der Waals surface area contributed by atoms with Crippen molar-refractivity contribution in [3.63, 3.8) is 0 Å². The molecular weight excluding hydrogens is 272 g/mol. The summed E-state index contributed by atoms with van der Waals surface area (Å²) in [5, 5.41) is 0. The molecule has 1 aromatic heterocycles. The average Bonchev–Trinajstić information content (AvgIpc) is 2.62. The van der Waals surface area contributed by atoms with Gasteiger partial charge in [-0.3, -0.25) is 9.88 Å². The highest BCUT2D eigenvalue weighted by Crippen LogP contribution is 2.25. The minimum atomic E-state index is 0.707. The summed E-state index contributed by atoms with van der Waals surface area (Å²) >= 11 is 0. The van der Waals surface area contributed by atoms with Crippen molar-refractivity contribution >= 4 is 5.82 Å². The van der Waals surface area contributed by atoms with E-state index in [1.54, 1.807) is 23.5 Å². The second kappa shape index (κ2) is 6.05. The number of hydrogen-bond acceptors (Lipinski definition) is 4. The van der Waals surface area contributed by atoms with E-state index in [0.717, 1.165) is 32.0 Å². The number of rotatable bonds is 2. The Hall–Kier alpha value is -1.94. The first-order valence-electron chi connectivity index (χ1n) is 8.22. The predicted molar refractivity (Wildman–Crippen MR) is 88.1 cm³/mol. The van der Waals surface area contributed by atoms with Gasteiger partial charge in [0.25, 0.3) is 0 Å². The summed E-state index contributed by atoms with van der Waals surface area (Å²) in [4.78, 5) is 13.6. The molecule has 4 heteroatoms. The van der Waals surface area contributed by atoms with Gasteiger partial charge in [0.05, 0.1) is 6.20 Å². The third-order valence-electron chi connectivity index (χ3n) is 5.03. The normalized spacial score (nSPS) is 22.4. The molecule has 1 atom stereocenters. The van der Waals surface area contributed by atoms with Gasteiger partial charge in [0, 0.05) is 44.6 Å². The monoisotopic (exact) mass is 294 g/mol. The summed E-state index contributed by atoms with van der Waals surface area (Å²) in [5.74, 6) is 1.01. The van der Waals surface area contributed by atoms with Crippen LogP contribution < -0.4 is 4.90 Å². The Labute approximate surface area is 131 Å². The van der Waals surface area contributed by atoms with Crippen LogP contribution in [0.5, 0.6) is 0 Å². The van der Waals surface area contributed by atoms with Crippen LogP contribution in [0.4, 0.5) is 5.82 Å². The smallest absolute Gasteiger partial charge is 0.147 e. The third kappa shape index (κ3) is 2.71. The maximum Gasteiger partial charge on any atom is 0.147 e. The molecule has 1 fully saturated rings. The zero-order valence-electron chi connectivity index (χ0n) is 12.9. The summed E-state index contributed by atoms with van der Waals surface area (Å²) in [5.41, 5.74) is 3.10. The standard InChI is InChI=1S/C18H22N4/c1-2-4-16-13-17(6-5-15(16)3-1)21-9-11-22(12-10-21)18-14-19-7-8-20-18/h1-4,7-8,14,17H,5-6,9-13H2/t17-/m0/s1. The van der Waals surface area contributed by atoms with Crippen molar-refractivity contribution < 1.29 is 0 Å². The number of nitrogens with zero attached hydrogens (tertiary/aromatic N) is 4. The van der Waals surface area contributed by atoms with Gasteiger partial charge < -0.3 is 4.90 Å². The first-order chi connectivity index (χ1) is 10.9. The molecule has 0 radical (unpaired) electrons. The lowest BCUT2D eigenvalue weighted by Crippen LogP contribution is -2.52. The number of fused-ring (bicyclic) bond motifs is 1. The molecule has 0 unspecified atom stereocenters. The van der Waals surface area contributed by atoms with Crippen molar-refractivity contribution in [1.29, 1.82) is 0 Å². The molecule has 0 bridgehead atoms. The fraction of sp³-hybridized carbons (Fsp3) is 0.444. The minimum Gasteiger partial charge on any atom is -0.353 e. The van der Waals surface area contributed by atoms with Gasteiger partial charge >= 0.3 is 0 Å². The molecule has 4 nitrogen and oxygen atoms in total. The maximum absolute atomic E-state index is 4.41. The summed E-state index contributed by atoms with van der Waals surface area (Å²) in [6.07, 6.45) is 9.11. The van der Waals surface area contributed by atoms with Gasteiger partial charge in [-0.05, 0) is 30.4 Å². The second-order valence-electron chi connectivity index (χ2n) is 6.25. The van der Waals surface area contributed by atoms with Crippen molar-refractivity contribution in [3.05, 3.63) is 54.0 Å². The number of aromatic nitrogens is 2. The van der Waals surface area contributed by atoms with Gasteiger partial charge in [0.2, 0.25) is 0 Å². The predicted octanol–water partition coefficient (Wildman–Crippen LogP) is 2.16. The van der Waals surface area contributed by atoms with Crippen LogP contribution in [-0.4, -0.2) is 47.1 Å². The SMILES string of the molecule is c1ccc2c(c1)CC[C@H](N1CCN(c3cnccn3)CC1)C2. The van der Waals surface area contributed by atoms with E-state index in [1.807, 2.05) is 6.20 Å². The maximum atomic E-state index is 4.41. The van der Waals surface area contributed by atoms with Gasteiger partial charge in [0.15, 0.2) is 0 Å². The Morgan fingerprint density at radius 1 is 0.955 bits per heavy atom. The molecule has 1 aliphatic carbocycles. The molecule has 0 saturated carbocycles. The van der Waals surface area contributed by atoms with Crippen LogP contribution in [0.25, 0.3) is 0 Å². The van der Waals surface area contributed by atoms with E-state index < -0.39 is 0 Å². The van der Waals surface area contributed by atoms with Crippen molar-refractivity contribution in [2.75, 3.05) is 31.1 Å². The quantitative estimate of drug-likeness (QED) is 0.849. The summed E-state index contributed by atoms with van der Waals surface area (Å²) in [6.45, 7) is 4.36. The fourth-order valence-electron chi connectivity index (χ4n) is 3.76. The first kappa shape index (κ1) is 13.7.